The van der Waals surface area contributed by atoms with E-state index >= 15 is 0 Å². The lowest BCUT2D eigenvalue weighted by molar-refractivity contribution is 0.609. The van der Waals surface area contributed by atoms with Crippen LogP contribution in [0.5, 0.6) is 0 Å². The first-order valence-corrected chi connectivity index (χ1v) is 6.70. The van der Waals surface area contributed by atoms with E-state index in [1.54, 1.807) is 24.3 Å². The predicted octanol–water partition coefficient (Wildman–Crippen LogP) is 2.64. The SMILES string of the molecule is N#Cc1ccc2ccc(S(=O)(=O)Cl)cc2c1. The number of hydrogen-bond donors (Lipinski definition) is 0. The molecule has 0 radical (unpaired) electrons. The zero-order valence-electron chi connectivity index (χ0n) is 8.01. The molecular formula is C11H6ClNO2S. The van der Waals surface area contributed by atoms with Crippen LogP contribution < -0.4 is 0 Å². The summed E-state index contributed by atoms with van der Waals surface area (Å²) in [7, 11) is 1.52. The maximum absolute atomic E-state index is 11.1. The Bertz CT molecular complexity index is 701. The minimum absolute atomic E-state index is 0.0387. The predicted molar refractivity (Wildman–Crippen MR) is 61.7 cm³/mol. The summed E-state index contributed by atoms with van der Waals surface area (Å²) in [6, 6.07) is 11.6. The molecule has 0 saturated heterocycles. The van der Waals surface area contributed by atoms with Crippen molar-refractivity contribution in [2.75, 3.05) is 0 Å². The number of hydrogen-bond acceptors (Lipinski definition) is 3. The van der Waals surface area contributed by atoms with Gasteiger partial charge >= 0.3 is 0 Å². The Balaban J connectivity index is 2.75. The largest absolute Gasteiger partial charge is 0.261 e. The van der Waals surface area contributed by atoms with Crippen molar-refractivity contribution in [3.63, 3.8) is 0 Å². The molecule has 0 aliphatic heterocycles. The highest BCUT2D eigenvalue weighted by molar-refractivity contribution is 8.13. The van der Waals surface area contributed by atoms with Crippen LogP contribution in [0.1, 0.15) is 5.56 Å². The highest BCUT2D eigenvalue weighted by Gasteiger charge is 2.10. The van der Waals surface area contributed by atoms with Gasteiger partial charge in [0.1, 0.15) is 0 Å². The molecule has 0 saturated carbocycles. The van der Waals surface area contributed by atoms with Gasteiger partial charge in [0.05, 0.1) is 16.5 Å². The smallest absolute Gasteiger partial charge is 0.207 e. The Hall–Kier alpha value is -1.57. The average Bonchev–Trinajstić information content (AvgIpc) is 2.26. The van der Waals surface area contributed by atoms with Crippen molar-refractivity contribution in [1.29, 1.82) is 5.26 Å². The van der Waals surface area contributed by atoms with Crippen LogP contribution in [0.2, 0.25) is 0 Å². The summed E-state index contributed by atoms with van der Waals surface area (Å²) in [6.07, 6.45) is 0. The molecular weight excluding hydrogens is 246 g/mol. The molecule has 5 heteroatoms. The molecule has 2 rings (SSSR count). The van der Waals surface area contributed by atoms with Crippen molar-refractivity contribution in [2.45, 2.75) is 4.90 Å². The number of nitriles is 1. The fraction of sp³-hybridized carbons (Fsp3) is 0. The minimum Gasteiger partial charge on any atom is -0.207 e. The first kappa shape index (κ1) is 10.9. The monoisotopic (exact) mass is 251 g/mol. The molecule has 0 heterocycles. The highest BCUT2D eigenvalue weighted by Crippen LogP contribution is 2.22. The Kier molecular flexibility index (Phi) is 2.58. The lowest BCUT2D eigenvalue weighted by Gasteiger charge is -2.00. The zero-order chi connectivity index (χ0) is 11.8. The standard InChI is InChI=1S/C11H6ClNO2S/c12-16(14,15)11-4-3-9-2-1-8(7-13)5-10(9)6-11/h1-6H. The summed E-state index contributed by atoms with van der Waals surface area (Å²) in [5, 5.41) is 10.3. The Morgan fingerprint density at radius 3 is 2.38 bits per heavy atom. The second-order valence-electron chi connectivity index (χ2n) is 3.27. The van der Waals surface area contributed by atoms with Crippen molar-refractivity contribution in [1.82, 2.24) is 0 Å². The summed E-state index contributed by atoms with van der Waals surface area (Å²) in [5.41, 5.74) is 0.483. The van der Waals surface area contributed by atoms with Crippen molar-refractivity contribution < 1.29 is 8.42 Å². The van der Waals surface area contributed by atoms with Crippen LogP contribution in [0.4, 0.5) is 0 Å². The molecule has 16 heavy (non-hydrogen) atoms. The minimum atomic E-state index is -3.72. The molecule has 0 unspecified atom stereocenters. The highest BCUT2D eigenvalue weighted by atomic mass is 35.7. The van der Waals surface area contributed by atoms with Crippen LogP contribution in [0.25, 0.3) is 10.8 Å². The second kappa shape index (κ2) is 3.78. The number of benzene rings is 2. The van der Waals surface area contributed by atoms with E-state index in [0.29, 0.717) is 10.9 Å². The number of rotatable bonds is 1. The zero-order valence-corrected chi connectivity index (χ0v) is 9.59. The van der Waals surface area contributed by atoms with Gasteiger partial charge < -0.3 is 0 Å². The van der Waals surface area contributed by atoms with Gasteiger partial charge in [-0.25, -0.2) is 8.42 Å². The third kappa shape index (κ3) is 2.01. The second-order valence-corrected chi connectivity index (χ2v) is 5.84. The van der Waals surface area contributed by atoms with Crippen molar-refractivity contribution in [3.05, 3.63) is 42.0 Å². The van der Waals surface area contributed by atoms with Crippen LogP contribution in [-0.2, 0) is 9.05 Å². The van der Waals surface area contributed by atoms with Crippen molar-refractivity contribution in [3.8, 4) is 6.07 Å². The Morgan fingerprint density at radius 1 is 1.06 bits per heavy atom. The van der Waals surface area contributed by atoms with Gasteiger partial charge in [-0.15, -0.1) is 0 Å². The molecule has 0 spiro atoms. The maximum Gasteiger partial charge on any atom is 0.261 e. The molecule has 3 nitrogen and oxygen atoms in total. The molecule has 0 aliphatic carbocycles. The van der Waals surface area contributed by atoms with Gasteiger partial charge in [0.2, 0.25) is 0 Å². The summed E-state index contributed by atoms with van der Waals surface area (Å²) in [6.45, 7) is 0. The molecule has 2 aromatic carbocycles. The van der Waals surface area contributed by atoms with E-state index in [1.165, 1.54) is 12.1 Å². The summed E-state index contributed by atoms with van der Waals surface area (Å²) in [5.74, 6) is 0. The molecule has 0 atom stereocenters. The summed E-state index contributed by atoms with van der Waals surface area (Å²) in [4.78, 5) is 0.0387. The number of fused-ring (bicyclic) bond motifs is 1. The third-order valence-electron chi connectivity index (χ3n) is 2.22. The van der Waals surface area contributed by atoms with Crippen molar-refractivity contribution >= 4 is 30.5 Å². The van der Waals surface area contributed by atoms with Gasteiger partial charge in [-0.05, 0) is 35.0 Å². The van der Waals surface area contributed by atoms with Crippen LogP contribution in [-0.4, -0.2) is 8.42 Å². The van der Waals surface area contributed by atoms with E-state index in [-0.39, 0.29) is 4.90 Å². The van der Waals surface area contributed by atoms with E-state index in [1.807, 2.05) is 6.07 Å². The van der Waals surface area contributed by atoms with Gasteiger partial charge in [0, 0.05) is 10.7 Å². The first-order valence-electron chi connectivity index (χ1n) is 4.39. The third-order valence-corrected chi connectivity index (χ3v) is 3.57. The van der Waals surface area contributed by atoms with Crippen molar-refractivity contribution in [2.24, 2.45) is 0 Å². The van der Waals surface area contributed by atoms with Crippen LogP contribution >= 0.6 is 10.7 Å². The average molecular weight is 252 g/mol. The summed E-state index contributed by atoms with van der Waals surface area (Å²) < 4.78 is 22.3. The number of halogens is 1. The van der Waals surface area contributed by atoms with Gasteiger partial charge in [-0.1, -0.05) is 12.1 Å². The van der Waals surface area contributed by atoms with E-state index in [0.717, 1.165) is 5.39 Å². The summed E-state index contributed by atoms with van der Waals surface area (Å²) >= 11 is 0. The fourth-order valence-corrected chi connectivity index (χ4v) is 2.23. The first-order chi connectivity index (χ1) is 7.50. The van der Waals surface area contributed by atoms with Crippen LogP contribution in [0.15, 0.2) is 41.3 Å². The van der Waals surface area contributed by atoms with Crippen LogP contribution in [0.3, 0.4) is 0 Å². The molecule has 0 bridgehead atoms. The van der Waals surface area contributed by atoms with Crippen LogP contribution in [0, 0.1) is 11.3 Å². The Morgan fingerprint density at radius 2 is 1.75 bits per heavy atom. The lowest BCUT2D eigenvalue weighted by Crippen LogP contribution is -1.90. The maximum atomic E-state index is 11.1. The van der Waals surface area contributed by atoms with Gasteiger partial charge in [-0.3, -0.25) is 0 Å². The molecule has 0 aliphatic rings. The normalized spacial score (nSPS) is 11.2. The molecule has 0 fully saturated rings. The van der Waals surface area contributed by atoms with E-state index in [2.05, 4.69) is 0 Å². The van der Waals surface area contributed by atoms with E-state index < -0.39 is 9.05 Å². The quantitative estimate of drug-likeness (QED) is 0.732. The van der Waals surface area contributed by atoms with E-state index in [9.17, 15) is 8.42 Å². The molecule has 0 aromatic heterocycles. The van der Waals surface area contributed by atoms with E-state index in [4.69, 9.17) is 15.9 Å². The van der Waals surface area contributed by atoms with Gasteiger partial charge in [-0.2, -0.15) is 5.26 Å². The molecule has 80 valence electrons. The Labute approximate surface area is 97.3 Å². The number of nitrogens with zero attached hydrogens (tertiary/aromatic N) is 1. The molecule has 0 amide bonds. The van der Waals surface area contributed by atoms with Gasteiger partial charge in [0.15, 0.2) is 0 Å². The molecule has 2 aromatic rings. The fourth-order valence-electron chi connectivity index (χ4n) is 1.45. The lowest BCUT2D eigenvalue weighted by atomic mass is 10.1. The van der Waals surface area contributed by atoms with Gasteiger partial charge in [0.25, 0.3) is 9.05 Å². The molecule has 0 N–H and O–H groups in total. The topological polar surface area (TPSA) is 57.9 Å².